The van der Waals surface area contributed by atoms with Crippen molar-refractivity contribution < 1.29 is 9.59 Å². The third-order valence-electron chi connectivity index (χ3n) is 2.72. The smallest absolute Gasteiger partial charge is 0.269 e. The van der Waals surface area contributed by atoms with E-state index in [9.17, 15) is 9.59 Å². The van der Waals surface area contributed by atoms with E-state index in [0.29, 0.717) is 16.8 Å². The zero-order chi connectivity index (χ0) is 15.9. The molecule has 0 aromatic heterocycles. The minimum Gasteiger partial charge on any atom is -0.410 e. The molecule has 3 N–H and O–H groups in total. The van der Waals surface area contributed by atoms with Crippen molar-refractivity contribution in [3.05, 3.63) is 65.7 Å². The molecule has 2 aromatic rings. The molecule has 0 radical (unpaired) electrons. The molecule has 0 heterocycles. The number of thiocarbonyl (C=S) groups is 1. The second kappa shape index (κ2) is 7.48. The SMILES string of the molecule is O=C(NNC(=S)[S-])c1ccc(NC(=O)c2ccccc2)cc1. The van der Waals surface area contributed by atoms with Crippen LogP contribution in [0.4, 0.5) is 5.69 Å². The molecule has 0 aliphatic carbocycles. The third-order valence-corrected chi connectivity index (χ3v) is 2.92. The maximum atomic E-state index is 12.0. The van der Waals surface area contributed by atoms with E-state index in [-0.39, 0.29) is 16.1 Å². The van der Waals surface area contributed by atoms with Crippen molar-refractivity contribution in [3.8, 4) is 0 Å². The molecular weight excluding hydrogens is 318 g/mol. The standard InChI is InChI=1S/C15H13N3O2S2/c19-13(10-4-2-1-3-5-10)16-12-8-6-11(7-9-12)14(20)17-18-15(21)22/h1-9H,(H,16,19)(H,17,20)(H2,18,21,22)/p-1. The van der Waals surface area contributed by atoms with Crippen LogP contribution in [0, 0.1) is 0 Å². The molecule has 0 saturated heterocycles. The van der Waals surface area contributed by atoms with Crippen molar-refractivity contribution in [2.75, 3.05) is 5.32 Å². The van der Waals surface area contributed by atoms with Gasteiger partial charge in [-0.05, 0) is 40.7 Å². The fourth-order valence-corrected chi connectivity index (χ4v) is 1.78. The fraction of sp³-hybridized carbons (Fsp3) is 0. The van der Waals surface area contributed by atoms with Gasteiger partial charge in [-0.1, -0.05) is 18.2 Å². The van der Waals surface area contributed by atoms with E-state index in [0.717, 1.165) is 0 Å². The Kier molecular flexibility index (Phi) is 5.40. The van der Waals surface area contributed by atoms with Crippen molar-refractivity contribution in [1.82, 2.24) is 10.9 Å². The van der Waals surface area contributed by atoms with Gasteiger partial charge in [-0.25, -0.2) is 0 Å². The summed E-state index contributed by atoms with van der Waals surface area (Å²) in [6.45, 7) is 0. The van der Waals surface area contributed by atoms with Gasteiger partial charge in [0.1, 0.15) is 0 Å². The summed E-state index contributed by atoms with van der Waals surface area (Å²) in [5.74, 6) is -0.580. The number of anilines is 1. The number of carbonyl (C=O) groups is 2. The molecule has 2 amide bonds. The van der Waals surface area contributed by atoms with Crippen molar-refractivity contribution in [1.29, 1.82) is 0 Å². The van der Waals surface area contributed by atoms with Gasteiger partial charge in [-0.15, -0.1) is 0 Å². The van der Waals surface area contributed by atoms with E-state index in [2.05, 4.69) is 41.0 Å². The summed E-state index contributed by atoms with van der Waals surface area (Å²) in [6.07, 6.45) is 0. The first-order valence-corrected chi connectivity index (χ1v) is 7.12. The van der Waals surface area contributed by atoms with Gasteiger partial charge in [0.05, 0.1) is 0 Å². The number of hydrogen-bond acceptors (Lipinski definition) is 4. The molecule has 0 unspecified atom stereocenters. The summed E-state index contributed by atoms with van der Waals surface area (Å²) in [5.41, 5.74) is 6.32. The molecule has 22 heavy (non-hydrogen) atoms. The van der Waals surface area contributed by atoms with E-state index in [1.165, 1.54) is 0 Å². The average molecular weight is 330 g/mol. The molecule has 0 aliphatic rings. The predicted octanol–water partition coefficient (Wildman–Crippen LogP) is 2.01. The van der Waals surface area contributed by atoms with E-state index >= 15 is 0 Å². The number of nitrogens with one attached hydrogen (secondary N) is 3. The molecule has 0 atom stereocenters. The molecule has 0 bridgehead atoms. The number of hydrazine groups is 1. The van der Waals surface area contributed by atoms with Crippen LogP contribution in [0.25, 0.3) is 0 Å². The first-order valence-electron chi connectivity index (χ1n) is 6.30. The maximum absolute atomic E-state index is 12.0. The van der Waals surface area contributed by atoms with Gasteiger partial charge in [0, 0.05) is 16.8 Å². The van der Waals surface area contributed by atoms with Crippen molar-refractivity contribution in [3.63, 3.8) is 0 Å². The van der Waals surface area contributed by atoms with Gasteiger partial charge in [0.2, 0.25) is 0 Å². The number of benzene rings is 2. The van der Waals surface area contributed by atoms with Gasteiger partial charge in [-0.2, -0.15) is 0 Å². The first-order chi connectivity index (χ1) is 10.6. The van der Waals surface area contributed by atoms with Crippen LogP contribution >= 0.6 is 12.2 Å². The molecule has 2 rings (SSSR count). The number of hydrogen-bond donors (Lipinski definition) is 3. The predicted molar refractivity (Wildman–Crippen MR) is 91.4 cm³/mol. The fourth-order valence-electron chi connectivity index (χ4n) is 1.68. The van der Waals surface area contributed by atoms with Gasteiger partial charge in [0.15, 0.2) is 0 Å². The van der Waals surface area contributed by atoms with Crippen LogP contribution in [0.2, 0.25) is 0 Å². The first kappa shape index (κ1) is 15.9. The Balaban J connectivity index is 1.98. The van der Waals surface area contributed by atoms with Gasteiger partial charge >= 0.3 is 0 Å². The Labute approximate surface area is 138 Å². The minimum atomic E-state index is -0.367. The Bertz CT molecular complexity index is 688. The van der Waals surface area contributed by atoms with Crippen molar-refractivity contribution in [2.45, 2.75) is 0 Å². The molecule has 0 fully saturated rings. The van der Waals surface area contributed by atoms with Crippen LogP contribution < -0.4 is 16.2 Å². The molecule has 7 heteroatoms. The largest absolute Gasteiger partial charge is 0.410 e. The zero-order valence-electron chi connectivity index (χ0n) is 11.3. The van der Waals surface area contributed by atoms with E-state index in [4.69, 9.17) is 0 Å². The molecule has 5 nitrogen and oxygen atoms in total. The highest BCUT2D eigenvalue weighted by molar-refractivity contribution is 8.00. The van der Waals surface area contributed by atoms with E-state index < -0.39 is 0 Å². The number of rotatable bonds is 3. The number of carbonyl (C=O) groups excluding carboxylic acids is 2. The Morgan fingerprint density at radius 3 is 2.00 bits per heavy atom. The molecule has 2 aromatic carbocycles. The summed E-state index contributed by atoms with van der Waals surface area (Å²) in [5, 5.41) is 2.75. The summed E-state index contributed by atoms with van der Waals surface area (Å²) in [6, 6.07) is 15.3. The Morgan fingerprint density at radius 2 is 1.41 bits per heavy atom. The highest BCUT2D eigenvalue weighted by Crippen LogP contribution is 2.11. The second-order valence-corrected chi connectivity index (χ2v) is 5.34. The summed E-state index contributed by atoms with van der Waals surface area (Å²) >= 11 is 9.24. The maximum Gasteiger partial charge on any atom is 0.269 e. The normalized spacial score (nSPS) is 9.64. The van der Waals surface area contributed by atoms with Crippen LogP contribution in [0.5, 0.6) is 0 Å². The highest BCUT2D eigenvalue weighted by Gasteiger charge is 2.07. The lowest BCUT2D eigenvalue weighted by molar-refractivity contribution is 0.0944. The van der Waals surface area contributed by atoms with E-state index in [1.54, 1.807) is 48.5 Å². The van der Waals surface area contributed by atoms with Gasteiger partial charge < -0.3 is 35.6 Å². The topological polar surface area (TPSA) is 70.2 Å². The Morgan fingerprint density at radius 1 is 0.818 bits per heavy atom. The molecule has 0 spiro atoms. The van der Waals surface area contributed by atoms with Gasteiger partial charge in [0.25, 0.3) is 11.8 Å². The van der Waals surface area contributed by atoms with Crippen molar-refractivity contribution in [2.24, 2.45) is 0 Å². The van der Waals surface area contributed by atoms with Crippen LogP contribution in [-0.4, -0.2) is 16.1 Å². The lowest BCUT2D eigenvalue weighted by Gasteiger charge is -2.11. The molecule has 0 aliphatic heterocycles. The highest BCUT2D eigenvalue weighted by atomic mass is 32.1. The lowest BCUT2D eigenvalue weighted by Crippen LogP contribution is -2.39. The number of amides is 2. The summed E-state index contributed by atoms with van der Waals surface area (Å²) in [4.78, 5) is 23.7. The van der Waals surface area contributed by atoms with Crippen LogP contribution in [0.3, 0.4) is 0 Å². The van der Waals surface area contributed by atoms with Gasteiger partial charge in [-0.3, -0.25) is 15.0 Å². The quantitative estimate of drug-likeness (QED) is 0.456. The molecule has 0 saturated carbocycles. The third kappa shape index (κ3) is 4.51. The molecule has 112 valence electrons. The lowest BCUT2D eigenvalue weighted by atomic mass is 10.2. The summed E-state index contributed by atoms with van der Waals surface area (Å²) in [7, 11) is 0. The van der Waals surface area contributed by atoms with Crippen LogP contribution in [0.15, 0.2) is 54.6 Å². The Hall–Kier alpha value is -2.51. The van der Waals surface area contributed by atoms with E-state index in [1.807, 2.05) is 6.07 Å². The van der Waals surface area contributed by atoms with Crippen LogP contribution in [0.1, 0.15) is 20.7 Å². The summed E-state index contributed by atoms with van der Waals surface area (Å²) < 4.78 is 0.0556. The van der Waals surface area contributed by atoms with Crippen molar-refractivity contribution >= 4 is 46.7 Å². The zero-order valence-corrected chi connectivity index (χ0v) is 13.0. The molecular formula is C15H12N3O2S2-. The van der Waals surface area contributed by atoms with Crippen LogP contribution in [-0.2, 0) is 12.6 Å². The second-order valence-electron chi connectivity index (χ2n) is 4.26. The minimum absolute atomic E-state index is 0.0556. The average Bonchev–Trinajstić information content (AvgIpc) is 2.54. The monoisotopic (exact) mass is 330 g/mol.